The second-order valence-corrected chi connectivity index (χ2v) is 6.60. The number of nitrogens with zero attached hydrogens (tertiary/aromatic N) is 2. The molecule has 4 nitrogen and oxygen atoms in total. The molecule has 0 spiro atoms. The zero-order chi connectivity index (χ0) is 15.7. The molecule has 0 aliphatic carbocycles. The molecule has 6 heteroatoms. The van der Waals surface area contributed by atoms with Gasteiger partial charge < -0.3 is 10.6 Å². The molecule has 0 radical (unpaired) electrons. The number of halogens is 1. The Labute approximate surface area is 137 Å². The maximum Gasteiger partial charge on any atom is 0.205 e. The second-order valence-electron chi connectivity index (χ2n) is 5.17. The van der Waals surface area contributed by atoms with Gasteiger partial charge in [-0.3, -0.25) is 4.79 Å². The summed E-state index contributed by atoms with van der Waals surface area (Å²) in [6, 6.07) is 8.83. The minimum absolute atomic E-state index is 0.166. The molecular formula is C16H14ClN3OS. The molecule has 0 unspecified atom stereocenters. The molecule has 1 aliphatic rings. The fraction of sp³-hybridized carbons (Fsp3) is 0.250. The van der Waals surface area contributed by atoms with Crippen LogP contribution in [0.5, 0.6) is 0 Å². The van der Waals surface area contributed by atoms with Crippen molar-refractivity contribution < 1.29 is 4.79 Å². The van der Waals surface area contributed by atoms with Gasteiger partial charge in [-0.15, -0.1) is 11.3 Å². The van der Waals surface area contributed by atoms with Gasteiger partial charge >= 0.3 is 0 Å². The molecule has 2 N–H and O–H groups in total. The summed E-state index contributed by atoms with van der Waals surface area (Å²) in [6.07, 6.45) is 2.20. The van der Waals surface area contributed by atoms with Crippen LogP contribution in [0.4, 0.5) is 10.7 Å². The van der Waals surface area contributed by atoms with Crippen molar-refractivity contribution in [3.05, 3.63) is 45.3 Å². The van der Waals surface area contributed by atoms with Crippen molar-refractivity contribution in [3.8, 4) is 6.07 Å². The summed E-state index contributed by atoms with van der Waals surface area (Å²) in [4.78, 5) is 15.2. The quantitative estimate of drug-likeness (QED) is 0.871. The zero-order valence-electron chi connectivity index (χ0n) is 11.8. The summed E-state index contributed by atoms with van der Waals surface area (Å²) in [5, 5.41) is 10.8. The lowest BCUT2D eigenvalue weighted by atomic mass is 10.1. The van der Waals surface area contributed by atoms with Crippen molar-refractivity contribution in [3.63, 3.8) is 0 Å². The van der Waals surface area contributed by atoms with Crippen molar-refractivity contribution in [2.24, 2.45) is 0 Å². The normalized spacial score (nSPS) is 14.1. The highest BCUT2D eigenvalue weighted by Crippen LogP contribution is 2.40. The topological polar surface area (TPSA) is 70.1 Å². The van der Waals surface area contributed by atoms with E-state index in [1.165, 1.54) is 11.3 Å². The van der Waals surface area contributed by atoms with Gasteiger partial charge in [0, 0.05) is 23.7 Å². The van der Waals surface area contributed by atoms with Crippen molar-refractivity contribution in [1.82, 2.24) is 0 Å². The van der Waals surface area contributed by atoms with Crippen LogP contribution in [-0.4, -0.2) is 18.9 Å². The molecule has 1 saturated heterocycles. The average molecular weight is 332 g/mol. The smallest absolute Gasteiger partial charge is 0.205 e. The Morgan fingerprint density at radius 3 is 2.50 bits per heavy atom. The van der Waals surface area contributed by atoms with Crippen LogP contribution < -0.4 is 10.6 Å². The highest BCUT2D eigenvalue weighted by atomic mass is 35.5. The van der Waals surface area contributed by atoms with Crippen LogP contribution in [0.2, 0.25) is 5.02 Å². The molecule has 2 heterocycles. The number of carbonyl (C=O) groups excluding carboxylic acids is 1. The lowest BCUT2D eigenvalue weighted by Gasteiger charge is -2.14. The maximum absolute atomic E-state index is 12.6. The lowest BCUT2D eigenvalue weighted by molar-refractivity contribution is 0.104. The van der Waals surface area contributed by atoms with E-state index in [4.69, 9.17) is 17.3 Å². The Hall–Kier alpha value is -2.03. The number of ketones is 1. The highest BCUT2D eigenvalue weighted by Gasteiger charge is 2.26. The van der Waals surface area contributed by atoms with Gasteiger partial charge in [-0.1, -0.05) is 11.6 Å². The Balaban J connectivity index is 2.02. The summed E-state index contributed by atoms with van der Waals surface area (Å²) in [5.74, 6) is -0.166. The molecule has 0 bridgehead atoms. The molecular weight excluding hydrogens is 318 g/mol. The largest absolute Gasteiger partial charge is 0.396 e. The second kappa shape index (κ2) is 5.99. The van der Waals surface area contributed by atoms with E-state index < -0.39 is 0 Å². The van der Waals surface area contributed by atoms with E-state index in [1.54, 1.807) is 24.3 Å². The molecule has 0 saturated carbocycles. The average Bonchev–Trinajstić information content (AvgIpc) is 3.14. The van der Waals surface area contributed by atoms with E-state index in [0.29, 0.717) is 21.0 Å². The molecule has 2 aromatic rings. The first-order valence-corrected chi connectivity index (χ1v) is 8.19. The number of nitrogens with two attached hydrogens (primary N) is 1. The number of thiophene rings is 1. The third-order valence-corrected chi connectivity index (χ3v) is 5.26. The fourth-order valence-corrected chi connectivity index (χ4v) is 3.89. The standard InChI is InChI=1S/C16H14ClN3OS/c17-11-5-3-10(4-6-11)14(21)15-13(19)12(9-18)16(22-15)20-7-1-2-8-20/h3-6H,1-2,7-8,19H2. The van der Waals surface area contributed by atoms with Gasteiger partial charge in [0.1, 0.15) is 21.5 Å². The minimum atomic E-state index is -0.166. The van der Waals surface area contributed by atoms with Gasteiger partial charge in [-0.05, 0) is 37.1 Å². The molecule has 1 aliphatic heterocycles. The first-order valence-electron chi connectivity index (χ1n) is 6.99. The fourth-order valence-electron chi connectivity index (χ4n) is 2.58. The van der Waals surface area contributed by atoms with Crippen LogP contribution in [0.3, 0.4) is 0 Å². The van der Waals surface area contributed by atoms with Gasteiger partial charge in [0.2, 0.25) is 5.78 Å². The Morgan fingerprint density at radius 2 is 1.91 bits per heavy atom. The van der Waals surface area contributed by atoms with Crippen molar-refractivity contribution >= 4 is 39.4 Å². The van der Waals surface area contributed by atoms with Crippen LogP contribution in [0, 0.1) is 11.3 Å². The number of hydrogen-bond acceptors (Lipinski definition) is 5. The van der Waals surface area contributed by atoms with E-state index >= 15 is 0 Å². The van der Waals surface area contributed by atoms with Crippen LogP contribution in [-0.2, 0) is 0 Å². The van der Waals surface area contributed by atoms with E-state index in [0.717, 1.165) is 30.9 Å². The molecule has 112 valence electrons. The summed E-state index contributed by atoms with van der Waals surface area (Å²) < 4.78 is 0. The number of nitriles is 1. The molecule has 22 heavy (non-hydrogen) atoms. The summed E-state index contributed by atoms with van der Waals surface area (Å²) in [5.41, 5.74) is 7.29. The van der Waals surface area contributed by atoms with Crippen molar-refractivity contribution in [2.75, 3.05) is 23.7 Å². The Bertz CT molecular complexity index is 755. The van der Waals surface area contributed by atoms with Crippen molar-refractivity contribution in [2.45, 2.75) is 12.8 Å². The SMILES string of the molecule is N#Cc1c(N2CCCC2)sc(C(=O)c2ccc(Cl)cc2)c1N. The lowest BCUT2D eigenvalue weighted by Crippen LogP contribution is -2.17. The van der Waals surface area contributed by atoms with E-state index in [-0.39, 0.29) is 11.5 Å². The molecule has 3 rings (SSSR count). The number of carbonyl (C=O) groups is 1. The first kappa shape index (κ1) is 14.9. The van der Waals surface area contributed by atoms with Gasteiger partial charge in [-0.2, -0.15) is 5.26 Å². The number of anilines is 2. The summed E-state index contributed by atoms with van der Waals surface area (Å²) in [7, 11) is 0. The monoisotopic (exact) mass is 331 g/mol. The van der Waals surface area contributed by atoms with Crippen LogP contribution in [0.15, 0.2) is 24.3 Å². The van der Waals surface area contributed by atoms with Crippen LogP contribution in [0.1, 0.15) is 33.6 Å². The van der Waals surface area contributed by atoms with E-state index in [9.17, 15) is 10.1 Å². The number of nitrogen functional groups attached to an aromatic ring is 1. The van der Waals surface area contributed by atoms with E-state index in [1.807, 2.05) is 0 Å². The summed E-state index contributed by atoms with van der Waals surface area (Å²) in [6.45, 7) is 1.81. The number of benzene rings is 1. The third kappa shape index (κ3) is 2.56. The Morgan fingerprint density at radius 1 is 1.27 bits per heavy atom. The van der Waals surface area contributed by atoms with Gasteiger partial charge in [0.25, 0.3) is 0 Å². The Kier molecular flexibility index (Phi) is 4.06. The van der Waals surface area contributed by atoms with E-state index in [2.05, 4.69) is 11.0 Å². The predicted molar refractivity (Wildman–Crippen MR) is 89.8 cm³/mol. The molecule has 1 aromatic carbocycles. The summed E-state index contributed by atoms with van der Waals surface area (Å²) >= 11 is 7.16. The molecule has 0 amide bonds. The molecule has 0 atom stereocenters. The van der Waals surface area contributed by atoms with Gasteiger partial charge in [-0.25, -0.2) is 0 Å². The predicted octanol–water partition coefficient (Wildman–Crippen LogP) is 3.69. The number of hydrogen-bond donors (Lipinski definition) is 1. The zero-order valence-corrected chi connectivity index (χ0v) is 13.4. The molecule has 1 fully saturated rings. The number of rotatable bonds is 3. The van der Waals surface area contributed by atoms with Crippen LogP contribution >= 0.6 is 22.9 Å². The molecule has 1 aromatic heterocycles. The highest BCUT2D eigenvalue weighted by molar-refractivity contribution is 7.19. The third-order valence-electron chi connectivity index (χ3n) is 3.74. The maximum atomic E-state index is 12.6. The van der Waals surface area contributed by atoms with Crippen LogP contribution in [0.25, 0.3) is 0 Å². The van der Waals surface area contributed by atoms with Gasteiger partial charge in [0.05, 0.1) is 5.69 Å². The first-order chi connectivity index (χ1) is 10.6. The van der Waals surface area contributed by atoms with Crippen molar-refractivity contribution in [1.29, 1.82) is 5.26 Å². The van der Waals surface area contributed by atoms with Gasteiger partial charge in [0.15, 0.2) is 0 Å². The minimum Gasteiger partial charge on any atom is -0.396 e.